The number of aryl methyl sites for hydroxylation is 2. The number of nitrogens with zero attached hydrogens (tertiary/aromatic N) is 2. The molecule has 2 N–H and O–H groups in total. The third-order valence-electron chi connectivity index (χ3n) is 3.38. The molecular weight excluding hydrogens is 323 g/mol. The van der Waals surface area contributed by atoms with Gasteiger partial charge in [-0.15, -0.1) is 0 Å². The fraction of sp³-hybridized carbons (Fsp3) is 0.143. The molecule has 0 aliphatic heterocycles. The van der Waals surface area contributed by atoms with Crippen molar-refractivity contribution in [3.8, 4) is 6.07 Å². The zero-order valence-electron chi connectivity index (χ0n) is 12.1. The number of aromatic amines is 1. The Bertz CT molecular complexity index is 1060. The van der Waals surface area contributed by atoms with Gasteiger partial charge in [0.15, 0.2) is 5.89 Å². The summed E-state index contributed by atoms with van der Waals surface area (Å²) in [5.74, 6) is -0.433. The molecule has 2 aromatic heterocycles. The zero-order valence-corrected chi connectivity index (χ0v) is 13.0. The van der Waals surface area contributed by atoms with Gasteiger partial charge >= 0.3 is 0 Å². The van der Waals surface area contributed by atoms with Crippen molar-refractivity contribution < 1.29 is 17.2 Å². The summed E-state index contributed by atoms with van der Waals surface area (Å²) in [5, 5.41) is 9.04. The number of aromatic nitrogens is 2. The first-order chi connectivity index (χ1) is 10.8. The Morgan fingerprint density at radius 1 is 1.43 bits per heavy atom. The van der Waals surface area contributed by atoms with Gasteiger partial charge in [0.25, 0.3) is 15.1 Å². The van der Waals surface area contributed by atoms with E-state index in [-0.39, 0.29) is 27.8 Å². The Hall–Kier alpha value is -2.86. The number of sulfonamides is 1. The van der Waals surface area contributed by atoms with E-state index in [1.807, 2.05) is 6.07 Å². The Kier molecular flexibility index (Phi) is 3.34. The number of fused-ring (bicyclic) bond motifs is 1. The summed E-state index contributed by atoms with van der Waals surface area (Å²) in [7, 11) is -4.06. The number of rotatable bonds is 3. The fourth-order valence-corrected chi connectivity index (χ4v) is 3.25. The second-order valence-corrected chi connectivity index (χ2v) is 6.51. The van der Waals surface area contributed by atoms with E-state index in [1.54, 1.807) is 0 Å². The quantitative estimate of drug-likeness (QED) is 0.764. The van der Waals surface area contributed by atoms with Gasteiger partial charge in [0, 0.05) is 24.6 Å². The molecule has 3 rings (SSSR count). The molecule has 7 nitrogen and oxygen atoms in total. The van der Waals surface area contributed by atoms with Gasteiger partial charge in [-0.3, -0.25) is 4.72 Å². The molecule has 1 aromatic carbocycles. The number of hydrogen-bond donors (Lipinski definition) is 2. The monoisotopic (exact) mass is 334 g/mol. The highest BCUT2D eigenvalue weighted by molar-refractivity contribution is 7.92. The van der Waals surface area contributed by atoms with Crippen LogP contribution in [0, 0.1) is 31.0 Å². The van der Waals surface area contributed by atoms with E-state index < -0.39 is 15.8 Å². The van der Waals surface area contributed by atoms with Gasteiger partial charge in [0.2, 0.25) is 0 Å². The van der Waals surface area contributed by atoms with Crippen molar-refractivity contribution in [2.75, 3.05) is 4.72 Å². The van der Waals surface area contributed by atoms with Crippen molar-refractivity contribution in [2.45, 2.75) is 18.9 Å². The minimum absolute atomic E-state index is 0.0151. The predicted molar refractivity (Wildman–Crippen MR) is 79.8 cm³/mol. The summed E-state index contributed by atoms with van der Waals surface area (Å²) in [5.41, 5.74) is 0.795. The smallest absolute Gasteiger partial charge is 0.297 e. The molecule has 0 radical (unpaired) electrons. The maximum absolute atomic E-state index is 14.1. The number of oxazole rings is 1. The van der Waals surface area contributed by atoms with Crippen molar-refractivity contribution in [2.24, 2.45) is 0 Å². The van der Waals surface area contributed by atoms with Crippen LogP contribution in [0.25, 0.3) is 10.9 Å². The number of benzene rings is 1. The largest absolute Gasteiger partial charge is 0.428 e. The minimum atomic E-state index is -4.06. The molecule has 3 aromatic rings. The van der Waals surface area contributed by atoms with Crippen LogP contribution in [-0.4, -0.2) is 18.4 Å². The normalized spacial score (nSPS) is 11.6. The highest BCUT2D eigenvalue weighted by Crippen LogP contribution is 2.32. The first kappa shape index (κ1) is 15.1. The molecular formula is C14H11FN4O3S. The highest BCUT2D eigenvalue weighted by atomic mass is 32.2. The summed E-state index contributed by atoms with van der Waals surface area (Å²) in [4.78, 5) is 6.52. The molecule has 9 heteroatoms. The van der Waals surface area contributed by atoms with E-state index >= 15 is 0 Å². The summed E-state index contributed by atoms with van der Waals surface area (Å²) in [6, 6.07) is 2.99. The molecule has 0 fully saturated rings. The lowest BCUT2D eigenvalue weighted by Gasteiger charge is -2.09. The maximum Gasteiger partial charge on any atom is 0.297 e. The Balaban J connectivity index is 2.16. The van der Waals surface area contributed by atoms with E-state index in [9.17, 15) is 12.8 Å². The van der Waals surface area contributed by atoms with Crippen LogP contribution < -0.4 is 4.72 Å². The van der Waals surface area contributed by atoms with Gasteiger partial charge < -0.3 is 9.40 Å². The van der Waals surface area contributed by atoms with E-state index in [2.05, 4.69) is 14.7 Å². The molecule has 118 valence electrons. The number of H-pyrrole nitrogens is 1. The molecule has 0 bridgehead atoms. The second kappa shape index (κ2) is 5.10. The predicted octanol–water partition coefficient (Wildman–Crippen LogP) is 2.58. The van der Waals surface area contributed by atoms with Crippen molar-refractivity contribution in [1.82, 2.24) is 9.97 Å². The van der Waals surface area contributed by atoms with Crippen LogP contribution in [-0.2, 0) is 10.0 Å². The molecule has 0 unspecified atom stereocenters. The van der Waals surface area contributed by atoms with Gasteiger partial charge in [-0.25, -0.2) is 9.37 Å². The first-order valence-electron chi connectivity index (χ1n) is 6.49. The summed E-state index contributed by atoms with van der Waals surface area (Å²) in [6.07, 6.45) is 2.46. The Morgan fingerprint density at radius 2 is 2.17 bits per heavy atom. The van der Waals surface area contributed by atoms with Crippen LogP contribution in [0.1, 0.15) is 17.0 Å². The number of hydrogen-bond acceptors (Lipinski definition) is 5. The van der Waals surface area contributed by atoms with Crippen molar-refractivity contribution >= 4 is 26.6 Å². The molecule has 23 heavy (non-hydrogen) atoms. The van der Waals surface area contributed by atoms with E-state index in [4.69, 9.17) is 9.68 Å². The standard InChI is InChI=1S/C14H11FN4O3S/c1-7-10(15)3-11(14-13(7)9(4-16)5-18-14)19-23(20,21)12-6-17-8(2)22-12/h3,5-6,18-19H,1-2H3. The number of halogens is 1. The van der Waals surface area contributed by atoms with Gasteiger partial charge in [-0.1, -0.05) is 0 Å². The third-order valence-corrected chi connectivity index (χ3v) is 4.59. The molecule has 2 heterocycles. The molecule has 0 saturated heterocycles. The maximum atomic E-state index is 14.1. The number of anilines is 1. The Labute approximate surface area is 130 Å². The van der Waals surface area contributed by atoms with Gasteiger partial charge in [0.1, 0.15) is 11.9 Å². The van der Waals surface area contributed by atoms with Gasteiger partial charge in [0.05, 0.1) is 23.0 Å². The SMILES string of the molecule is Cc1ncc(S(=O)(=O)Nc2cc(F)c(C)c3c(C#N)c[nH]c23)o1. The Morgan fingerprint density at radius 3 is 2.78 bits per heavy atom. The van der Waals surface area contributed by atoms with E-state index in [1.165, 1.54) is 20.0 Å². The van der Waals surface area contributed by atoms with Gasteiger partial charge in [-0.05, 0) is 12.5 Å². The van der Waals surface area contributed by atoms with Crippen LogP contribution >= 0.6 is 0 Å². The molecule has 0 spiro atoms. The van der Waals surface area contributed by atoms with Gasteiger partial charge in [-0.2, -0.15) is 13.7 Å². The average molecular weight is 334 g/mol. The lowest BCUT2D eigenvalue weighted by atomic mass is 10.1. The van der Waals surface area contributed by atoms with Crippen LogP contribution in [0.4, 0.5) is 10.1 Å². The summed E-state index contributed by atoms with van der Waals surface area (Å²) < 4.78 is 45.9. The minimum Gasteiger partial charge on any atom is -0.428 e. The number of nitriles is 1. The number of nitrogens with one attached hydrogen (secondary N) is 2. The lowest BCUT2D eigenvalue weighted by Crippen LogP contribution is -2.13. The molecule has 0 aliphatic carbocycles. The lowest BCUT2D eigenvalue weighted by molar-refractivity contribution is 0.424. The zero-order chi connectivity index (χ0) is 16.8. The van der Waals surface area contributed by atoms with Crippen molar-refractivity contribution in [1.29, 1.82) is 5.26 Å². The molecule has 0 aliphatic rings. The van der Waals surface area contributed by atoms with E-state index in [0.717, 1.165) is 12.3 Å². The van der Waals surface area contributed by atoms with Crippen LogP contribution in [0.2, 0.25) is 0 Å². The third kappa shape index (κ3) is 2.43. The second-order valence-electron chi connectivity index (χ2n) is 4.90. The molecule has 0 amide bonds. The average Bonchev–Trinajstić information content (AvgIpc) is 3.10. The van der Waals surface area contributed by atoms with Crippen LogP contribution in [0.15, 0.2) is 28.0 Å². The topological polar surface area (TPSA) is 112 Å². The summed E-state index contributed by atoms with van der Waals surface area (Å²) >= 11 is 0. The van der Waals surface area contributed by atoms with Crippen molar-refractivity contribution in [3.05, 3.63) is 41.3 Å². The molecule has 0 saturated carbocycles. The van der Waals surface area contributed by atoms with E-state index in [0.29, 0.717) is 10.9 Å². The van der Waals surface area contributed by atoms with Crippen LogP contribution in [0.3, 0.4) is 0 Å². The van der Waals surface area contributed by atoms with Crippen molar-refractivity contribution in [3.63, 3.8) is 0 Å². The fourth-order valence-electron chi connectivity index (χ4n) is 2.28. The summed E-state index contributed by atoms with van der Waals surface area (Å²) in [6.45, 7) is 3.03. The first-order valence-corrected chi connectivity index (χ1v) is 7.97. The van der Waals surface area contributed by atoms with Crippen LogP contribution in [0.5, 0.6) is 0 Å². The molecule has 0 atom stereocenters. The highest BCUT2D eigenvalue weighted by Gasteiger charge is 2.22.